The van der Waals surface area contributed by atoms with Gasteiger partial charge in [-0.05, 0) is 24.8 Å². The molecule has 1 aromatic carbocycles. The number of nitrogens with one attached hydrogen (secondary N) is 1. The molecule has 0 aliphatic heterocycles. The van der Waals surface area contributed by atoms with Gasteiger partial charge in [0.1, 0.15) is 5.75 Å². The Balaban J connectivity index is 2.24. The zero-order valence-corrected chi connectivity index (χ0v) is 11.4. The Morgan fingerprint density at radius 2 is 2.17 bits per heavy atom. The van der Waals surface area contributed by atoms with Crippen LogP contribution in [0.15, 0.2) is 24.3 Å². The third-order valence-corrected chi connectivity index (χ3v) is 3.33. The van der Waals surface area contributed by atoms with Gasteiger partial charge in [0.05, 0.1) is 6.42 Å². The number of halogens is 1. The number of benzene rings is 1. The van der Waals surface area contributed by atoms with Gasteiger partial charge in [-0.2, -0.15) is 0 Å². The van der Waals surface area contributed by atoms with E-state index in [1.54, 1.807) is 18.2 Å². The molecule has 0 aliphatic rings. The van der Waals surface area contributed by atoms with Crippen molar-refractivity contribution in [2.24, 2.45) is 5.92 Å². The fourth-order valence-corrected chi connectivity index (χ4v) is 1.81. The van der Waals surface area contributed by atoms with Crippen molar-refractivity contribution < 1.29 is 9.90 Å². The number of amides is 1. The summed E-state index contributed by atoms with van der Waals surface area (Å²) in [6.07, 6.45) is 2.17. The van der Waals surface area contributed by atoms with Gasteiger partial charge < -0.3 is 10.4 Å². The first-order valence-corrected chi connectivity index (χ1v) is 6.76. The highest BCUT2D eigenvalue weighted by Crippen LogP contribution is 2.15. The van der Waals surface area contributed by atoms with E-state index in [1.807, 2.05) is 6.07 Å². The first-order valence-electron chi connectivity index (χ1n) is 6.23. The number of rotatable bonds is 7. The van der Waals surface area contributed by atoms with Crippen LogP contribution in [0, 0.1) is 5.92 Å². The van der Waals surface area contributed by atoms with Gasteiger partial charge in [0.2, 0.25) is 5.91 Å². The maximum Gasteiger partial charge on any atom is 0.224 e. The van der Waals surface area contributed by atoms with Gasteiger partial charge in [-0.3, -0.25) is 4.79 Å². The SMILES string of the molecule is CC(CCl)CCCNC(=O)Cc1ccccc1O. The lowest BCUT2D eigenvalue weighted by molar-refractivity contribution is -0.120. The lowest BCUT2D eigenvalue weighted by Gasteiger charge is -2.08. The summed E-state index contributed by atoms with van der Waals surface area (Å²) in [6, 6.07) is 6.89. The quantitative estimate of drug-likeness (QED) is 0.591. The zero-order valence-electron chi connectivity index (χ0n) is 10.7. The Kier molecular flexibility index (Phi) is 6.58. The molecule has 1 rings (SSSR count). The average molecular weight is 270 g/mol. The minimum Gasteiger partial charge on any atom is -0.508 e. The molecular weight excluding hydrogens is 250 g/mol. The fraction of sp³-hybridized carbons (Fsp3) is 0.500. The molecule has 0 bridgehead atoms. The lowest BCUT2D eigenvalue weighted by atomic mass is 10.1. The summed E-state index contributed by atoms with van der Waals surface area (Å²) in [5, 5.41) is 12.4. The standard InChI is InChI=1S/C14H20ClNO2/c1-11(10-15)5-4-8-16-14(18)9-12-6-2-3-7-13(12)17/h2-3,6-7,11,17H,4-5,8-10H2,1H3,(H,16,18). The van der Waals surface area contributed by atoms with Crippen molar-refractivity contribution in [3.63, 3.8) is 0 Å². The van der Waals surface area contributed by atoms with Gasteiger partial charge in [0.15, 0.2) is 0 Å². The molecule has 100 valence electrons. The van der Waals surface area contributed by atoms with Crippen molar-refractivity contribution in [2.45, 2.75) is 26.2 Å². The minimum atomic E-state index is -0.0602. The minimum absolute atomic E-state index is 0.0602. The Labute approximate surface area is 113 Å². The number of hydrogen-bond acceptors (Lipinski definition) is 2. The Hall–Kier alpha value is -1.22. The molecule has 1 atom stereocenters. The molecule has 2 N–H and O–H groups in total. The van der Waals surface area contributed by atoms with Gasteiger partial charge in [-0.25, -0.2) is 0 Å². The van der Waals surface area contributed by atoms with Crippen molar-refractivity contribution in [3.05, 3.63) is 29.8 Å². The monoisotopic (exact) mass is 269 g/mol. The van der Waals surface area contributed by atoms with Crippen LogP contribution in [-0.2, 0) is 11.2 Å². The average Bonchev–Trinajstić information content (AvgIpc) is 2.37. The molecule has 0 saturated carbocycles. The largest absolute Gasteiger partial charge is 0.508 e. The van der Waals surface area contributed by atoms with Crippen LogP contribution in [0.4, 0.5) is 0 Å². The smallest absolute Gasteiger partial charge is 0.224 e. The number of aromatic hydroxyl groups is 1. The highest BCUT2D eigenvalue weighted by molar-refractivity contribution is 6.18. The van der Waals surface area contributed by atoms with Crippen LogP contribution >= 0.6 is 11.6 Å². The third-order valence-electron chi connectivity index (χ3n) is 2.80. The number of carbonyl (C=O) groups excluding carboxylic acids is 1. The number of para-hydroxylation sites is 1. The first kappa shape index (κ1) is 14.8. The van der Waals surface area contributed by atoms with Crippen LogP contribution in [0.1, 0.15) is 25.3 Å². The second-order valence-electron chi connectivity index (χ2n) is 4.56. The molecule has 1 aromatic rings. The second kappa shape index (κ2) is 7.98. The maximum atomic E-state index is 11.6. The molecule has 0 spiro atoms. The van der Waals surface area contributed by atoms with E-state index in [0.717, 1.165) is 12.8 Å². The third kappa shape index (κ3) is 5.41. The number of alkyl halides is 1. The van der Waals surface area contributed by atoms with Crippen molar-refractivity contribution in [3.8, 4) is 5.75 Å². The van der Waals surface area contributed by atoms with Crippen molar-refractivity contribution in [1.82, 2.24) is 5.32 Å². The van der Waals surface area contributed by atoms with Gasteiger partial charge in [-0.1, -0.05) is 25.1 Å². The van der Waals surface area contributed by atoms with Gasteiger partial charge >= 0.3 is 0 Å². The number of carbonyl (C=O) groups is 1. The number of phenolic OH excluding ortho intramolecular Hbond substituents is 1. The second-order valence-corrected chi connectivity index (χ2v) is 4.87. The summed E-state index contributed by atoms with van der Waals surface area (Å²) in [6.45, 7) is 2.75. The summed E-state index contributed by atoms with van der Waals surface area (Å²) in [7, 11) is 0. The fourth-order valence-electron chi connectivity index (χ4n) is 1.65. The predicted octanol–water partition coefficient (Wildman–Crippen LogP) is 2.71. The van der Waals surface area contributed by atoms with Gasteiger partial charge in [-0.15, -0.1) is 11.6 Å². The summed E-state index contributed by atoms with van der Waals surface area (Å²) >= 11 is 5.70. The van der Waals surface area contributed by atoms with Crippen molar-refractivity contribution in [2.75, 3.05) is 12.4 Å². The molecule has 0 heterocycles. The Bertz CT molecular complexity index is 382. The predicted molar refractivity (Wildman–Crippen MR) is 73.9 cm³/mol. The van der Waals surface area contributed by atoms with E-state index in [2.05, 4.69) is 12.2 Å². The van der Waals surface area contributed by atoms with Crippen LogP contribution in [0.3, 0.4) is 0 Å². The van der Waals surface area contributed by atoms with E-state index in [0.29, 0.717) is 23.9 Å². The van der Waals surface area contributed by atoms with E-state index >= 15 is 0 Å². The van der Waals surface area contributed by atoms with E-state index in [4.69, 9.17) is 11.6 Å². The highest BCUT2D eigenvalue weighted by atomic mass is 35.5. The number of hydrogen-bond donors (Lipinski definition) is 2. The Morgan fingerprint density at radius 1 is 1.44 bits per heavy atom. The van der Waals surface area contributed by atoms with Crippen LogP contribution in [0.2, 0.25) is 0 Å². The van der Waals surface area contributed by atoms with Crippen LogP contribution in [0.25, 0.3) is 0 Å². The van der Waals surface area contributed by atoms with Crippen LogP contribution in [0.5, 0.6) is 5.75 Å². The number of phenols is 1. The molecule has 1 amide bonds. The van der Waals surface area contributed by atoms with E-state index in [1.165, 1.54) is 0 Å². The van der Waals surface area contributed by atoms with Crippen LogP contribution in [-0.4, -0.2) is 23.4 Å². The molecule has 4 heteroatoms. The summed E-state index contributed by atoms with van der Waals surface area (Å²) < 4.78 is 0. The lowest BCUT2D eigenvalue weighted by Crippen LogP contribution is -2.26. The summed E-state index contributed by atoms with van der Waals surface area (Å²) in [5.41, 5.74) is 0.657. The molecular formula is C14H20ClNO2. The maximum absolute atomic E-state index is 11.6. The van der Waals surface area contributed by atoms with E-state index < -0.39 is 0 Å². The Morgan fingerprint density at radius 3 is 2.83 bits per heavy atom. The summed E-state index contributed by atoms with van der Waals surface area (Å²) in [5.74, 6) is 1.26. The molecule has 1 unspecified atom stereocenters. The van der Waals surface area contributed by atoms with E-state index in [9.17, 15) is 9.90 Å². The molecule has 0 fully saturated rings. The molecule has 3 nitrogen and oxygen atoms in total. The van der Waals surface area contributed by atoms with Crippen molar-refractivity contribution >= 4 is 17.5 Å². The molecule has 18 heavy (non-hydrogen) atoms. The summed E-state index contributed by atoms with van der Waals surface area (Å²) in [4.78, 5) is 11.6. The molecule has 0 saturated heterocycles. The normalized spacial score (nSPS) is 12.1. The topological polar surface area (TPSA) is 49.3 Å². The van der Waals surface area contributed by atoms with Crippen LogP contribution < -0.4 is 5.32 Å². The highest BCUT2D eigenvalue weighted by Gasteiger charge is 2.06. The first-order chi connectivity index (χ1) is 8.63. The van der Waals surface area contributed by atoms with E-state index in [-0.39, 0.29) is 18.1 Å². The van der Waals surface area contributed by atoms with Gasteiger partial charge in [0, 0.05) is 18.0 Å². The van der Waals surface area contributed by atoms with Gasteiger partial charge in [0.25, 0.3) is 0 Å². The molecule has 0 aliphatic carbocycles. The molecule has 0 radical (unpaired) electrons. The zero-order chi connectivity index (χ0) is 13.4. The molecule has 0 aromatic heterocycles. The van der Waals surface area contributed by atoms with Crippen molar-refractivity contribution in [1.29, 1.82) is 0 Å².